The van der Waals surface area contributed by atoms with Crippen molar-refractivity contribution in [1.82, 2.24) is 0 Å². The molecule has 2 heterocycles. The third-order valence-corrected chi connectivity index (χ3v) is 14.7. The highest BCUT2D eigenvalue weighted by molar-refractivity contribution is 5.28. The van der Waals surface area contributed by atoms with Crippen LogP contribution in [0.1, 0.15) is 92.9 Å². The Hall–Kier alpha value is -0.780. The van der Waals surface area contributed by atoms with E-state index in [2.05, 4.69) is 40.7 Å². The monoisotopic (exact) mass is 742 g/mol. The molecule has 2 saturated heterocycles. The van der Waals surface area contributed by atoms with E-state index in [4.69, 9.17) is 18.9 Å². The first kappa shape index (κ1) is 40.9. The van der Waals surface area contributed by atoms with Gasteiger partial charge in [0.05, 0.1) is 37.1 Å². The van der Waals surface area contributed by atoms with Gasteiger partial charge in [-0.25, -0.2) is 0 Å². The van der Waals surface area contributed by atoms with E-state index < -0.39 is 97.8 Å². The standard InChI is InChI=1S/C39H66O13/c1-17(2)7-10-25(42)18(3)29-26(50-37-35(48)33(46)31(44)27(16-40)51-37)15-24-22-9-8-20-13-21(41)14-28(39(20,6)23(22)11-12-38(24,29)5)52-36-34(47)32(45)30(43)19(4)49-36/h8,17-19,21-37,40-48H,7,9-16H2,1-6H3/t18?,19-,21+,22+,23-,24-,25-,26-,27+,28+,29?,30-,31-,32+,33-,34+,35+,36-,37+,38-,39-/m0/s1. The van der Waals surface area contributed by atoms with E-state index in [1.54, 1.807) is 6.92 Å². The first-order valence-corrected chi connectivity index (χ1v) is 19.8. The normalized spacial score (nSPS) is 52.0. The number of hydrogen-bond donors (Lipinski definition) is 9. The van der Waals surface area contributed by atoms with Crippen LogP contribution in [0.5, 0.6) is 0 Å². The number of aliphatic hydroxyl groups is 9. The van der Waals surface area contributed by atoms with Crippen LogP contribution in [0.25, 0.3) is 0 Å². The highest BCUT2D eigenvalue weighted by Gasteiger charge is 2.65. The van der Waals surface area contributed by atoms with Crippen LogP contribution in [0.2, 0.25) is 0 Å². The quantitative estimate of drug-likeness (QED) is 0.143. The van der Waals surface area contributed by atoms with Gasteiger partial charge in [0.15, 0.2) is 12.6 Å². The fourth-order valence-electron chi connectivity index (χ4n) is 11.6. The summed E-state index contributed by atoms with van der Waals surface area (Å²) in [5.74, 6) is 0.552. The summed E-state index contributed by atoms with van der Waals surface area (Å²) in [6.07, 6.45) is -7.68. The molecule has 0 aromatic rings. The number of ether oxygens (including phenoxy) is 4. The second-order valence-electron chi connectivity index (χ2n) is 18.1. The summed E-state index contributed by atoms with van der Waals surface area (Å²) >= 11 is 0. The minimum absolute atomic E-state index is 0.126. The molecule has 0 spiro atoms. The van der Waals surface area contributed by atoms with Crippen molar-refractivity contribution < 1.29 is 64.9 Å². The maximum absolute atomic E-state index is 11.6. The number of rotatable bonds is 10. The Bertz CT molecular complexity index is 1250. The molecule has 2 aliphatic heterocycles. The first-order valence-electron chi connectivity index (χ1n) is 19.8. The van der Waals surface area contributed by atoms with Gasteiger partial charge in [-0.05, 0) is 92.8 Å². The largest absolute Gasteiger partial charge is 0.394 e. The highest BCUT2D eigenvalue weighted by atomic mass is 16.7. The molecule has 300 valence electrons. The predicted octanol–water partition coefficient (Wildman–Crippen LogP) is 0.977. The topological polar surface area (TPSA) is 219 Å². The van der Waals surface area contributed by atoms with Crippen LogP contribution in [0.15, 0.2) is 11.6 Å². The average molecular weight is 743 g/mol. The second kappa shape index (κ2) is 15.6. The van der Waals surface area contributed by atoms with Crippen molar-refractivity contribution in [2.45, 2.75) is 179 Å². The molecule has 3 saturated carbocycles. The number of hydrogen-bond acceptors (Lipinski definition) is 13. The molecule has 13 heteroatoms. The molecule has 6 rings (SSSR count). The van der Waals surface area contributed by atoms with Crippen molar-refractivity contribution in [1.29, 1.82) is 0 Å². The van der Waals surface area contributed by atoms with E-state index >= 15 is 0 Å². The fraction of sp³-hybridized carbons (Fsp3) is 0.949. The predicted molar refractivity (Wildman–Crippen MR) is 187 cm³/mol. The molecular formula is C39H66O13. The van der Waals surface area contributed by atoms with Crippen LogP contribution >= 0.6 is 0 Å². The lowest BCUT2D eigenvalue weighted by Crippen LogP contribution is -2.61. The lowest BCUT2D eigenvalue weighted by atomic mass is 9.46. The van der Waals surface area contributed by atoms with Crippen molar-refractivity contribution in [3.63, 3.8) is 0 Å². The molecule has 13 nitrogen and oxygen atoms in total. The van der Waals surface area contributed by atoms with Gasteiger partial charge in [-0.2, -0.15) is 0 Å². The maximum atomic E-state index is 11.6. The summed E-state index contributed by atoms with van der Waals surface area (Å²) in [7, 11) is 0. The van der Waals surface area contributed by atoms with E-state index in [0.29, 0.717) is 31.6 Å². The van der Waals surface area contributed by atoms with Gasteiger partial charge in [0.25, 0.3) is 0 Å². The third-order valence-electron chi connectivity index (χ3n) is 14.7. The molecule has 6 aliphatic rings. The van der Waals surface area contributed by atoms with Crippen molar-refractivity contribution in [2.24, 2.45) is 46.3 Å². The zero-order valence-corrected chi connectivity index (χ0v) is 31.6. The zero-order valence-electron chi connectivity index (χ0n) is 31.6. The van der Waals surface area contributed by atoms with Crippen LogP contribution in [-0.4, -0.2) is 138 Å². The lowest BCUT2D eigenvalue weighted by Gasteiger charge is -2.60. The summed E-state index contributed by atoms with van der Waals surface area (Å²) < 4.78 is 24.9. The fourth-order valence-corrected chi connectivity index (χ4v) is 11.6. The summed E-state index contributed by atoms with van der Waals surface area (Å²) in [6.45, 7) is 11.9. The van der Waals surface area contributed by atoms with E-state index in [1.807, 2.05) is 0 Å². The molecule has 0 bridgehead atoms. The molecule has 2 unspecified atom stereocenters. The summed E-state index contributed by atoms with van der Waals surface area (Å²) in [6, 6.07) is 0. The summed E-state index contributed by atoms with van der Waals surface area (Å²) in [4.78, 5) is 0. The molecule has 0 radical (unpaired) electrons. The average Bonchev–Trinajstić information content (AvgIpc) is 3.40. The van der Waals surface area contributed by atoms with E-state index in [9.17, 15) is 46.0 Å². The van der Waals surface area contributed by atoms with Crippen LogP contribution in [0, 0.1) is 46.3 Å². The molecule has 0 aromatic carbocycles. The zero-order chi connectivity index (χ0) is 38.0. The third kappa shape index (κ3) is 7.07. The van der Waals surface area contributed by atoms with Gasteiger partial charge in [0, 0.05) is 11.8 Å². The second-order valence-corrected chi connectivity index (χ2v) is 18.1. The van der Waals surface area contributed by atoms with Crippen LogP contribution in [0.3, 0.4) is 0 Å². The Morgan fingerprint density at radius 2 is 1.48 bits per heavy atom. The van der Waals surface area contributed by atoms with Gasteiger partial charge in [-0.1, -0.05) is 46.3 Å². The van der Waals surface area contributed by atoms with Gasteiger partial charge in [0.2, 0.25) is 0 Å². The van der Waals surface area contributed by atoms with Crippen LogP contribution < -0.4 is 0 Å². The highest BCUT2D eigenvalue weighted by Crippen LogP contribution is 2.68. The Balaban J connectivity index is 1.31. The van der Waals surface area contributed by atoms with Crippen LogP contribution in [-0.2, 0) is 18.9 Å². The molecule has 0 amide bonds. The van der Waals surface area contributed by atoms with Gasteiger partial charge < -0.3 is 64.9 Å². The molecule has 4 aliphatic carbocycles. The molecule has 0 aromatic heterocycles. The lowest BCUT2D eigenvalue weighted by molar-refractivity contribution is -0.318. The van der Waals surface area contributed by atoms with Gasteiger partial charge in [-0.15, -0.1) is 0 Å². The Morgan fingerprint density at radius 1 is 0.827 bits per heavy atom. The number of aliphatic hydroxyl groups excluding tert-OH is 9. The van der Waals surface area contributed by atoms with E-state index in [1.165, 1.54) is 0 Å². The first-order chi connectivity index (χ1) is 24.4. The molecule has 52 heavy (non-hydrogen) atoms. The number of allylic oxidation sites excluding steroid dienone is 1. The van der Waals surface area contributed by atoms with E-state index in [-0.39, 0.29) is 35.0 Å². The van der Waals surface area contributed by atoms with Crippen molar-refractivity contribution in [3.8, 4) is 0 Å². The molecule has 21 atom stereocenters. The van der Waals surface area contributed by atoms with Gasteiger partial charge in [-0.3, -0.25) is 0 Å². The smallest absolute Gasteiger partial charge is 0.186 e. The molecular weight excluding hydrogens is 676 g/mol. The van der Waals surface area contributed by atoms with Crippen molar-refractivity contribution in [3.05, 3.63) is 11.6 Å². The van der Waals surface area contributed by atoms with E-state index in [0.717, 1.165) is 31.3 Å². The Morgan fingerprint density at radius 3 is 2.13 bits per heavy atom. The summed E-state index contributed by atoms with van der Waals surface area (Å²) in [5.41, 5.74) is 0.314. The van der Waals surface area contributed by atoms with Gasteiger partial charge in [0.1, 0.15) is 42.7 Å². The maximum Gasteiger partial charge on any atom is 0.186 e. The Kier molecular flexibility index (Phi) is 12.3. The van der Waals surface area contributed by atoms with Crippen LogP contribution in [0.4, 0.5) is 0 Å². The minimum atomic E-state index is -1.56. The number of fused-ring (bicyclic) bond motifs is 5. The minimum Gasteiger partial charge on any atom is -0.394 e. The van der Waals surface area contributed by atoms with Crippen molar-refractivity contribution >= 4 is 0 Å². The Labute approximate surface area is 307 Å². The SMILES string of the molecule is CC(C)CC[C@H](O)C(C)C1[C@@H](O[C@@H]2O[C@H](CO)[C@H](O)[C@H](O)[C@H]2O)C[C@H]2[C@@H]3CC=C4C[C@@H](O)C[C@@H](O[C@@H]5O[C@@H](C)[C@H](O)[C@@H](O)[C@H]5O)[C@]4(C)[C@H]3CC[C@]12C. The molecule has 5 fully saturated rings. The molecule has 9 N–H and O–H groups in total. The van der Waals surface area contributed by atoms with Crippen molar-refractivity contribution in [2.75, 3.05) is 6.61 Å². The van der Waals surface area contributed by atoms with Gasteiger partial charge >= 0.3 is 0 Å². The summed E-state index contributed by atoms with van der Waals surface area (Å²) in [5, 5.41) is 96.3.